The Morgan fingerprint density at radius 1 is 0.710 bits per heavy atom. The maximum absolute atomic E-state index is 2.70. The van der Waals surface area contributed by atoms with Gasteiger partial charge in [-0.1, -0.05) is 105 Å². The quantitative estimate of drug-likeness (QED) is 0.403. The van der Waals surface area contributed by atoms with E-state index < -0.39 is 0 Å². The molecule has 3 aliphatic carbocycles. The Hall–Kier alpha value is -2.60. The third-order valence-corrected chi connectivity index (χ3v) is 8.59. The molecule has 0 saturated heterocycles. The number of rotatable bonds is 2. The lowest BCUT2D eigenvalue weighted by molar-refractivity contribution is 0.0797. The fraction of sp³-hybridized carbons (Fsp3) is 0.355. The number of hydrogen-bond donors (Lipinski definition) is 0. The number of allylic oxidation sites excluding steroid dienone is 2. The average Bonchev–Trinajstić information content (AvgIpc) is 3.29. The van der Waals surface area contributed by atoms with E-state index in [9.17, 15) is 0 Å². The van der Waals surface area contributed by atoms with Gasteiger partial charge in [-0.3, -0.25) is 0 Å². The summed E-state index contributed by atoms with van der Waals surface area (Å²) in [7, 11) is 0. The fourth-order valence-corrected chi connectivity index (χ4v) is 6.79. The highest BCUT2D eigenvalue weighted by atomic mass is 14.5. The van der Waals surface area contributed by atoms with E-state index in [1.54, 1.807) is 16.7 Å². The molecule has 3 aromatic rings. The topological polar surface area (TPSA) is 0 Å². The lowest BCUT2D eigenvalue weighted by atomic mass is 9.55. The molecular formula is C31H32. The van der Waals surface area contributed by atoms with Crippen molar-refractivity contribution < 1.29 is 0 Å². The van der Waals surface area contributed by atoms with Gasteiger partial charge in [0, 0.05) is 0 Å². The molecule has 156 valence electrons. The van der Waals surface area contributed by atoms with Gasteiger partial charge in [0.1, 0.15) is 0 Å². The van der Waals surface area contributed by atoms with Crippen LogP contribution in [0.4, 0.5) is 0 Å². The van der Waals surface area contributed by atoms with Crippen LogP contribution in [-0.4, -0.2) is 0 Å². The molecule has 31 heavy (non-hydrogen) atoms. The molecule has 3 aromatic carbocycles. The highest BCUT2D eigenvalue weighted by Crippen LogP contribution is 2.60. The Morgan fingerprint density at radius 3 is 2.13 bits per heavy atom. The van der Waals surface area contributed by atoms with Crippen LogP contribution in [0.3, 0.4) is 0 Å². The zero-order chi connectivity index (χ0) is 20.8. The Kier molecular flexibility index (Phi) is 4.64. The van der Waals surface area contributed by atoms with Crippen LogP contribution >= 0.6 is 0 Å². The van der Waals surface area contributed by atoms with Crippen molar-refractivity contribution in [3.8, 4) is 11.1 Å². The van der Waals surface area contributed by atoms with Crippen LogP contribution in [0.15, 0.2) is 84.9 Å². The van der Waals surface area contributed by atoms with Crippen LogP contribution in [0.2, 0.25) is 0 Å². The van der Waals surface area contributed by atoms with Crippen molar-refractivity contribution in [2.45, 2.75) is 51.4 Å². The predicted octanol–water partition coefficient (Wildman–Crippen LogP) is 8.29. The maximum Gasteiger partial charge on any atom is -0.00501 e. The first-order valence-corrected chi connectivity index (χ1v) is 12.2. The van der Waals surface area contributed by atoms with Crippen molar-refractivity contribution >= 4 is 5.57 Å². The molecular weight excluding hydrogens is 372 g/mol. The van der Waals surface area contributed by atoms with Crippen LogP contribution in [0.5, 0.6) is 0 Å². The standard InChI is InChI=1S/C31H32/c1-22-15-17-31(18-16-22)21-26-9-5-6-10-28(26)29-19-27(20-30(29)31)25-13-11-24(12-14-25)23-7-3-2-4-8-23/h2-14,20,22,29-30H,15-19,21H2,1H3. The van der Waals surface area contributed by atoms with Gasteiger partial charge in [0.05, 0.1) is 0 Å². The third-order valence-electron chi connectivity index (χ3n) is 8.59. The van der Waals surface area contributed by atoms with Gasteiger partial charge in [-0.05, 0) is 82.2 Å². The predicted molar refractivity (Wildman–Crippen MR) is 131 cm³/mol. The molecule has 1 saturated carbocycles. The van der Waals surface area contributed by atoms with E-state index in [1.807, 2.05) is 0 Å². The van der Waals surface area contributed by atoms with E-state index >= 15 is 0 Å². The molecule has 0 nitrogen and oxygen atoms in total. The molecule has 0 bridgehead atoms. The summed E-state index contributed by atoms with van der Waals surface area (Å²) in [6, 6.07) is 29.4. The second-order valence-electron chi connectivity index (χ2n) is 10.4. The van der Waals surface area contributed by atoms with Crippen LogP contribution in [0, 0.1) is 17.3 Å². The summed E-state index contributed by atoms with van der Waals surface area (Å²) in [5.74, 6) is 2.28. The van der Waals surface area contributed by atoms with E-state index in [4.69, 9.17) is 0 Å². The third kappa shape index (κ3) is 3.28. The highest BCUT2D eigenvalue weighted by molar-refractivity contribution is 5.73. The molecule has 0 heterocycles. The van der Waals surface area contributed by atoms with Gasteiger partial charge >= 0.3 is 0 Å². The molecule has 0 N–H and O–H groups in total. The van der Waals surface area contributed by atoms with Gasteiger partial charge in [-0.25, -0.2) is 0 Å². The summed E-state index contributed by atoms with van der Waals surface area (Å²) in [6.45, 7) is 2.45. The van der Waals surface area contributed by atoms with Crippen molar-refractivity contribution in [2.24, 2.45) is 17.3 Å². The lowest BCUT2D eigenvalue weighted by Crippen LogP contribution is -2.41. The summed E-state index contributed by atoms with van der Waals surface area (Å²) < 4.78 is 0. The van der Waals surface area contributed by atoms with Crippen molar-refractivity contribution in [3.63, 3.8) is 0 Å². The van der Waals surface area contributed by atoms with Gasteiger partial charge in [0.2, 0.25) is 0 Å². The Bertz CT molecular complexity index is 1090. The summed E-state index contributed by atoms with van der Waals surface area (Å²) in [5.41, 5.74) is 9.35. The first kappa shape index (κ1) is 19.1. The summed E-state index contributed by atoms with van der Waals surface area (Å²) in [6.07, 6.45) is 10.8. The Morgan fingerprint density at radius 2 is 1.35 bits per heavy atom. The molecule has 1 spiro atoms. The highest BCUT2D eigenvalue weighted by Gasteiger charge is 2.49. The van der Waals surface area contributed by atoms with E-state index in [-0.39, 0.29) is 0 Å². The van der Waals surface area contributed by atoms with Crippen molar-refractivity contribution in [1.29, 1.82) is 0 Å². The number of benzene rings is 3. The zero-order valence-electron chi connectivity index (χ0n) is 18.6. The summed E-state index contributed by atoms with van der Waals surface area (Å²) in [5, 5.41) is 0. The van der Waals surface area contributed by atoms with Gasteiger partial charge in [-0.2, -0.15) is 0 Å². The number of fused-ring (bicyclic) bond motifs is 4. The van der Waals surface area contributed by atoms with Gasteiger partial charge in [-0.15, -0.1) is 0 Å². The van der Waals surface area contributed by atoms with E-state index in [0.717, 1.165) is 5.92 Å². The van der Waals surface area contributed by atoms with Crippen LogP contribution in [0.25, 0.3) is 16.7 Å². The first-order chi connectivity index (χ1) is 15.2. The Labute approximate surface area is 187 Å². The van der Waals surface area contributed by atoms with E-state index in [2.05, 4.69) is 91.9 Å². The van der Waals surface area contributed by atoms with Crippen molar-refractivity contribution in [3.05, 3.63) is 102 Å². The average molecular weight is 405 g/mol. The van der Waals surface area contributed by atoms with Crippen molar-refractivity contribution in [2.75, 3.05) is 0 Å². The Balaban J connectivity index is 1.35. The van der Waals surface area contributed by atoms with Crippen LogP contribution in [-0.2, 0) is 6.42 Å². The maximum atomic E-state index is 2.70. The molecule has 2 unspecified atom stereocenters. The summed E-state index contributed by atoms with van der Waals surface area (Å²) >= 11 is 0. The van der Waals surface area contributed by atoms with Crippen LogP contribution in [0.1, 0.15) is 61.6 Å². The molecule has 6 rings (SSSR count). The minimum atomic E-state index is 0.483. The molecule has 3 aliphatic rings. The fourth-order valence-electron chi connectivity index (χ4n) is 6.79. The molecule has 0 heteroatoms. The number of hydrogen-bond acceptors (Lipinski definition) is 0. The van der Waals surface area contributed by atoms with Gasteiger partial charge in [0.15, 0.2) is 0 Å². The van der Waals surface area contributed by atoms with Crippen LogP contribution < -0.4 is 0 Å². The molecule has 0 radical (unpaired) electrons. The molecule has 0 aromatic heterocycles. The zero-order valence-corrected chi connectivity index (χ0v) is 18.6. The molecule has 2 atom stereocenters. The normalized spacial score (nSPS) is 29.3. The molecule has 0 aliphatic heterocycles. The second kappa shape index (κ2) is 7.52. The smallest absolute Gasteiger partial charge is 0.00501 e. The van der Waals surface area contributed by atoms with Gasteiger partial charge < -0.3 is 0 Å². The largest absolute Gasteiger partial charge is 0.0764 e. The molecule has 0 amide bonds. The monoisotopic (exact) mass is 404 g/mol. The van der Waals surface area contributed by atoms with E-state index in [0.29, 0.717) is 17.3 Å². The summed E-state index contributed by atoms with van der Waals surface area (Å²) in [4.78, 5) is 0. The van der Waals surface area contributed by atoms with E-state index in [1.165, 1.54) is 55.2 Å². The lowest BCUT2D eigenvalue weighted by Gasteiger charge is -2.49. The minimum absolute atomic E-state index is 0.483. The minimum Gasteiger partial charge on any atom is -0.0764 e. The SMILES string of the molecule is CC1CCC2(CC1)Cc1ccccc1C1CC(c3ccc(-c4ccccc4)cc3)=CC12. The molecule has 1 fully saturated rings. The van der Waals surface area contributed by atoms with Gasteiger partial charge in [0.25, 0.3) is 0 Å². The van der Waals surface area contributed by atoms with Crippen molar-refractivity contribution in [1.82, 2.24) is 0 Å². The first-order valence-electron chi connectivity index (χ1n) is 12.2. The second-order valence-corrected chi connectivity index (χ2v) is 10.4.